The van der Waals surface area contributed by atoms with Crippen LogP contribution in [0.3, 0.4) is 0 Å². The van der Waals surface area contributed by atoms with Gasteiger partial charge < -0.3 is 5.11 Å². The molecular formula is C10H11BrF2O. The van der Waals surface area contributed by atoms with Crippen LogP contribution < -0.4 is 0 Å². The van der Waals surface area contributed by atoms with Crippen molar-refractivity contribution in [3.63, 3.8) is 0 Å². The van der Waals surface area contributed by atoms with Crippen LogP contribution in [-0.2, 0) is 6.42 Å². The Morgan fingerprint density at radius 3 is 2.43 bits per heavy atom. The van der Waals surface area contributed by atoms with Gasteiger partial charge in [-0.15, -0.1) is 0 Å². The minimum Gasteiger partial charge on any atom is -0.390 e. The lowest BCUT2D eigenvalue weighted by Gasteiger charge is -2.17. The lowest BCUT2D eigenvalue weighted by molar-refractivity contribution is 0.0799. The van der Waals surface area contributed by atoms with Crippen molar-refractivity contribution in [1.29, 1.82) is 0 Å². The maximum absolute atomic E-state index is 13.4. The number of aliphatic hydroxyl groups is 1. The second-order valence-corrected chi connectivity index (χ2v) is 4.62. The quantitative estimate of drug-likeness (QED) is 0.815. The topological polar surface area (TPSA) is 20.2 Å². The Bertz CT molecular complexity index is 345. The van der Waals surface area contributed by atoms with Crippen LogP contribution in [0, 0.1) is 11.6 Å². The number of benzene rings is 1. The molecule has 0 fully saturated rings. The van der Waals surface area contributed by atoms with Crippen molar-refractivity contribution in [3.8, 4) is 0 Å². The van der Waals surface area contributed by atoms with Gasteiger partial charge in [-0.1, -0.05) is 6.07 Å². The minimum absolute atomic E-state index is 0.151. The van der Waals surface area contributed by atoms with Gasteiger partial charge in [0.2, 0.25) is 0 Å². The van der Waals surface area contributed by atoms with E-state index in [9.17, 15) is 13.9 Å². The molecule has 0 saturated heterocycles. The number of rotatable bonds is 2. The Kier molecular flexibility index (Phi) is 3.27. The molecule has 0 aromatic heterocycles. The average Bonchev–Trinajstić information content (AvgIpc) is 2.04. The zero-order chi connectivity index (χ0) is 10.9. The lowest BCUT2D eigenvalue weighted by atomic mass is 9.98. The highest BCUT2D eigenvalue weighted by molar-refractivity contribution is 9.10. The Morgan fingerprint density at radius 1 is 1.36 bits per heavy atom. The fraction of sp³-hybridized carbons (Fsp3) is 0.400. The van der Waals surface area contributed by atoms with E-state index in [1.54, 1.807) is 13.8 Å². The zero-order valence-corrected chi connectivity index (χ0v) is 9.53. The largest absolute Gasteiger partial charge is 0.390 e. The van der Waals surface area contributed by atoms with E-state index in [4.69, 9.17) is 0 Å². The van der Waals surface area contributed by atoms with Gasteiger partial charge in [0, 0.05) is 6.42 Å². The standard InChI is InChI=1S/C10H11BrF2O/c1-10(2,14)5-6-3-4-7(12)8(11)9(6)13/h3-4,14H,5H2,1-2H3. The van der Waals surface area contributed by atoms with Gasteiger partial charge in [-0.25, -0.2) is 8.78 Å². The van der Waals surface area contributed by atoms with Crippen molar-refractivity contribution in [2.75, 3.05) is 0 Å². The smallest absolute Gasteiger partial charge is 0.143 e. The Hall–Kier alpha value is -0.480. The third kappa shape index (κ3) is 2.75. The predicted molar refractivity (Wildman–Crippen MR) is 54.1 cm³/mol. The SMILES string of the molecule is CC(C)(O)Cc1ccc(F)c(Br)c1F. The third-order valence-corrected chi connectivity index (χ3v) is 2.47. The van der Waals surface area contributed by atoms with Crippen LogP contribution in [0.4, 0.5) is 8.78 Å². The summed E-state index contributed by atoms with van der Waals surface area (Å²) in [6.07, 6.45) is 0.151. The van der Waals surface area contributed by atoms with Crippen LogP contribution in [0.2, 0.25) is 0 Å². The summed E-state index contributed by atoms with van der Waals surface area (Å²) in [5.74, 6) is -1.28. The van der Waals surface area contributed by atoms with Crippen molar-refractivity contribution in [2.45, 2.75) is 25.9 Å². The van der Waals surface area contributed by atoms with Crippen LogP contribution in [0.5, 0.6) is 0 Å². The molecule has 0 spiro atoms. The van der Waals surface area contributed by atoms with Crippen LogP contribution in [0.25, 0.3) is 0 Å². The van der Waals surface area contributed by atoms with Crippen molar-refractivity contribution in [2.24, 2.45) is 0 Å². The van der Waals surface area contributed by atoms with E-state index in [0.29, 0.717) is 5.56 Å². The molecule has 1 aromatic carbocycles. The summed E-state index contributed by atoms with van der Waals surface area (Å²) >= 11 is 2.81. The molecule has 78 valence electrons. The van der Waals surface area contributed by atoms with Gasteiger partial charge in [-0.05, 0) is 41.4 Å². The monoisotopic (exact) mass is 264 g/mol. The first-order valence-corrected chi connectivity index (χ1v) is 4.95. The molecule has 0 aliphatic carbocycles. The summed E-state index contributed by atoms with van der Waals surface area (Å²) < 4.78 is 26.1. The lowest BCUT2D eigenvalue weighted by Crippen LogP contribution is -2.22. The van der Waals surface area contributed by atoms with Gasteiger partial charge in [0.05, 0.1) is 10.1 Å². The van der Waals surface area contributed by atoms with Gasteiger partial charge in [0.1, 0.15) is 11.6 Å². The molecule has 4 heteroatoms. The van der Waals surface area contributed by atoms with Gasteiger partial charge in [0.25, 0.3) is 0 Å². The molecular weight excluding hydrogens is 254 g/mol. The summed E-state index contributed by atoms with van der Waals surface area (Å²) in [4.78, 5) is 0. The number of hydrogen-bond acceptors (Lipinski definition) is 1. The highest BCUT2D eigenvalue weighted by Gasteiger charge is 2.18. The molecule has 0 heterocycles. The Morgan fingerprint density at radius 2 is 1.93 bits per heavy atom. The summed E-state index contributed by atoms with van der Waals surface area (Å²) in [6.45, 7) is 3.15. The number of halogens is 3. The van der Waals surface area contributed by atoms with E-state index in [-0.39, 0.29) is 10.9 Å². The maximum Gasteiger partial charge on any atom is 0.143 e. The van der Waals surface area contributed by atoms with E-state index in [1.165, 1.54) is 12.1 Å². The van der Waals surface area contributed by atoms with Crippen LogP contribution in [0.1, 0.15) is 19.4 Å². The minimum atomic E-state index is -1.00. The van der Waals surface area contributed by atoms with Crippen molar-refractivity contribution >= 4 is 15.9 Å². The summed E-state index contributed by atoms with van der Waals surface area (Å²) in [6, 6.07) is 2.52. The molecule has 0 atom stereocenters. The molecule has 14 heavy (non-hydrogen) atoms. The van der Waals surface area contributed by atoms with Crippen LogP contribution in [0.15, 0.2) is 16.6 Å². The molecule has 1 N–H and O–H groups in total. The Labute approximate surface area is 89.9 Å². The summed E-state index contributed by atoms with van der Waals surface area (Å²) in [5.41, 5.74) is -0.705. The average molecular weight is 265 g/mol. The normalized spacial score (nSPS) is 11.9. The molecule has 0 unspecified atom stereocenters. The molecule has 1 aromatic rings. The van der Waals surface area contributed by atoms with Crippen molar-refractivity contribution in [3.05, 3.63) is 33.8 Å². The first-order chi connectivity index (χ1) is 6.31. The molecule has 0 aliphatic rings. The van der Waals surface area contributed by atoms with E-state index in [1.807, 2.05) is 0 Å². The highest BCUT2D eigenvalue weighted by Crippen LogP contribution is 2.24. The molecule has 1 nitrogen and oxygen atoms in total. The molecule has 0 aliphatic heterocycles. The van der Waals surface area contributed by atoms with Gasteiger partial charge in [0.15, 0.2) is 0 Å². The second-order valence-electron chi connectivity index (χ2n) is 3.82. The molecule has 0 saturated carbocycles. The summed E-state index contributed by atoms with van der Waals surface area (Å²) in [7, 11) is 0. The second kappa shape index (κ2) is 3.95. The van der Waals surface area contributed by atoms with E-state index >= 15 is 0 Å². The highest BCUT2D eigenvalue weighted by atomic mass is 79.9. The van der Waals surface area contributed by atoms with Crippen molar-refractivity contribution in [1.82, 2.24) is 0 Å². The molecule has 0 bridgehead atoms. The van der Waals surface area contributed by atoms with Crippen LogP contribution in [-0.4, -0.2) is 10.7 Å². The van der Waals surface area contributed by atoms with Crippen LogP contribution >= 0.6 is 15.9 Å². The molecule has 1 rings (SSSR count). The van der Waals surface area contributed by atoms with Gasteiger partial charge in [-0.2, -0.15) is 0 Å². The Balaban J connectivity index is 3.06. The van der Waals surface area contributed by atoms with Gasteiger partial charge in [-0.3, -0.25) is 0 Å². The fourth-order valence-electron chi connectivity index (χ4n) is 1.17. The zero-order valence-electron chi connectivity index (χ0n) is 7.94. The maximum atomic E-state index is 13.4. The molecule has 0 radical (unpaired) electrons. The number of hydrogen-bond donors (Lipinski definition) is 1. The predicted octanol–water partition coefficient (Wildman–Crippen LogP) is 3.04. The first kappa shape index (κ1) is 11.6. The molecule has 0 amide bonds. The first-order valence-electron chi connectivity index (χ1n) is 4.16. The fourth-order valence-corrected chi connectivity index (χ4v) is 1.56. The van der Waals surface area contributed by atoms with Gasteiger partial charge >= 0.3 is 0 Å². The van der Waals surface area contributed by atoms with E-state index in [2.05, 4.69) is 15.9 Å². The van der Waals surface area contributed by atoms with Crippen molar-refractivity contribution < 1.29 is 13.9 Å². The third-order valence-electron chi connectivity index (χ3n) is 1.74. The van der Waals surface area contributed by atoms with E-state index < -0.39 is 17.2 Å². The summed E-state index contributed by atoms with van der Waals surface area (Å²) in [5, 5.41) is 9.48. The van der Waals surface area contributed by atoms with E-state index in [0.717, 1.165) is 0 Å².